The molecule has 0 amide bonds. The second kappa shape index (κ2) is 7.55. The van der Waals surface area contributed by atoms with Gasteiger partial charge in [-0.25, -0.2) is 30.4 Å². The Labute approximate surface area is 153 Å². The number of sulfone groups is 1. The van der Waals surface area contributed by atoms with Crippen LogP contribution in [-0.2, 0) is 15.6 Å². The molecule has 136 valence electrons. The topological polar surface area (TPSA) is 57.9 Å². The minimum absolute atomic E-state index is 0.129. The number of nitrogens with zero attached hydrogens (tertiary/aromatic N) is 1. The van der Waals surface area contributed by atoms with Crippen LogP contribution >= 0.6 is 15.9 Å². The van der Waals surface area contributed by atoms with Crippen LogP contribution in [-0.4, -0.2) is 8.42 Å². The van der Waals surface area contributed by atoms with Crippen LogP contribution in [0.4, 0.5) is 22.0 Å². The highest BCUT2D eigenvalue weighted by atomic mass is 79.9. The number of allylic oxidation sites excluding steroid dienone is 1. The summed E-state index contributed by atoms with van der Waals surface area (Å²) in [6.45, 7) is 0. The Morgan fingerprint density at radius 2 is 1.42 bits per heavy atom. The molecule has 0 N–H and O–H groups in total. The summed E-state index contributed by atoms with van der Waals surface area (Å²) < 4.78 is 92.0. The predicted octanol–water partition coefficient (Wildman–Crippen LogP) is 4.62. The second-order valence-corrected chi connectivity index (χ2v) is 7.86. The summed E-state index contributed by atoms with van der Waals surface area (Å²) in [5.41, 5.74) is -1.25. The van der Waals surface area contributed by atoms with E-state index >= 15 is 0 Å². The van der Waals surface area contributed by atoms with Gasteiger partial charge in [-0.15, -0.1) is 0 Å². The van der Waals surface area contributed by atoms with Crippen molar-refractivity contribution in [1.29, 1.82) is 5.26 Å². The molecule has 2 aromatic rings. The number of hydrogen-bond donors (Lipinski definition) is 0. The quantitative estimate of drug-likeness (QED) is 0.295. The van der Waals surface area contributed by atoms with Gasteiger partial charge < -0.3 is 0 Å². The standard InChI is InChI=1S/C16H7BrF5NO2S/c17-9-3-1-8(2-4-9)7-26(24,25)10(6-23)5-11-12(18)14(20)16(22)15(21)13(11)19/h1-5H,7H2/b10-5+. The van der Waals surface area contributed by atoms with Gasteiger partial charge in [0, 0.05) is 4.47 Å². The second-order valence-electron chi connectivity index (χ2n) is 4.99. The molecule has 10 heteroatoms. The predicted molar refractivity (Wildman–Crippen MR) is 86.6 cm³/mol. The largest absolute Gasteiger partial charge is 0.223 e. The number of halogens is 6. The number of rotatable bonds is 4. The van der Waals surface area contributed by atoms with E-state index < -0.39 is 55.1 Å². The molecule has 0 atom stereocenters. The Kier molecular flexibility index (Phi) is 5.83. The Bertz CT molecular complexity index is 1010. The third-order valence-corrected chi connectivity index (χ3v) is 5.36. The number of hydrogen-bond acceptors (Lipinski definition) is 3. The van der Waals surface area contributed by atoms with E-state index in [1.54, 1.807) is 0 Å². The first-order valence-corrected chi connectivity index (χ1v) is 9.13. The van der Waals surface area contributed by atoms with Crippen molar-refractivity contribution in [2.45, 2.75) is 5.75 Å². The molecule has 3 nitrogen and oxygen atoms in total. The van der Waals surface area contributed by atoms with Gasteiger partial charge in [-0.1, -0.05) is 28.1 Å². The van der Waals surface area contributed by atoms with Gasteiger partial charge in [0.25, 0.3) is 0 Å². The monoisotopic (exact) mass is 451 g/mol. The molecule has 2 aromatic carbocycles. The van der Waals surface area contributed by atoms with Gasteiger partial charge in [0.15, 0.2) is 33.1 Å². The Hall–Kier alpha value is -2.25. The zero-order chi connectivity index (χ0) is 19.6. The van der Waals surface area contributed by atoms with Gasteiger partial charge in [0.2, 0.25) is 5.82 Å². The van der Waals surface area contributed by atoms with E-state index in [-0.39, 0.29) is 11.6 Å². The molecule has 0 saturated heterocycles. The molecule has 26 heavy (non-hydrogen) atoms. The Morgan fingerprint density at radius 1 is 0.962 bits per heavy atom. The van der Waals surface area contributed by atoms with Gasteiger partial charge in [-0.3, -0.25) is 0 Å². The summed E-state index contributed by atoms with van der Waals surface area (Å²) in [6, 6.07) is 7.14. The van der Waals surface area contributed by atoms with Crippen molar-refractivity contribution in [1.82, 2.24) is 0 Å². The zero-order valence-corrected chi connectivity index (χ0v) is 14.9. The van der Waals surface area contributed by atoms with Crippen molar-refractivity contribution in [2.24, 2.45) is 0 Å². The summed E-state index contributed by atoms with van der Waals surface area (Å²) >= 11 is 3.15. The fraction of sp³-hybridized carbons (Fsp3) is 0.0625. The molecule has 0 aromatic heterocycles. The maximum atomic E-state index is 13.7. The summed E-state index contributed by atoms with van der Waals surface area (Å²) in [5.74, 6) is -12.0. The highest BCUT2D eigenvalue weighted by Crippen LogP contribution is 2.26. The van der Waals surface area contributed by atoms with Crippen LogP contribution in [0.5, 0.6) is 0 Å². The summed E-state index contributed by atoms with van der Waals surface area (Å²) in [4.78, 5) is -1.14. The molecule has 0 fully saturated rings. The molecule has 0 unspecified atom stereocenters. The zero-order valence-electron chi connectivity index (χ0n) is 12.5. The minimum atomic E-state index is -4.39. The number of benzene rings is 2. The van der Waals surface area contributed by atoms with Crippen LogP contribution in [0.2, 0.25) is 0 Å². The normalized spacial score (nSPS) is 12.1. The van der Waals surface area contributed by atoms with Crippen molar-refractivity contribution in [2.75, 3.05) is 0 Å². The third kappa shape index (κ3) is 3.94. The highest BCUT2D eigenvalue weighted by Gasteiger charge is 2.27. The van der Waals surface area contributed by atoms with Gasteiger partial charge in [-0.05, 0) is 23.8 Å². The maximum Gasteiger partial charge on any atom is 0.200 e. The van der Waals surface area contributed by atoms with Gasteiger partial charge in [0.1, 0.15) is 11.0 Å². The van der Waals surface area contributed by atoms with Crippen LogP contribution in [0.1, 0.15) is 11.1 Å². The van der Waals surface area contributed by atoms with Crippen molar-refractivity contribution in [3.8, 4) is 6.07 Å². The summed E-state index contributed by atoms with van der Waals surface area (Å²) in [5, 5.41) is 9.01. The summed E-state index contributed by atoms with van der Waals surface area (Å²) in [6.07, 6.45) is 0.129. The van der Waals surface area contributed by atoms with Crippen molar-refractivity contribution >= 4 is 31.8 Å². The number of nitriles is 1. The van der Waals surface area contributed by atoms with Crippen molar-refractivity contribution in [3.05, 3.63) is 73.9 Å². The lowest BCUT2D eigenvalue weighted by Crippen LogP contribution is -2.09. The molecule has 0 aliphatic carbocycles. The molecule has 0 heterocycles. The SMILES string of the molecule is N#C/C(=C\c1c(F)c(F)c(F)c(F)c1F)S(=O)(=O)Cc1ccc(Br)cc1. The van der Waals surface area contributed by atoms with Crippen LogP contribution in [0, 0.1) is 40.4 Å². The van der Waals surface area contributed by atoms with E-state index in [0.717, 1.165) is 0 Å². The first kappa shape index (κ1) is 20.1. The molecule has 2 rings (SSSR count). The lowest BCUT2D eigenvalue weighted by atomic mass is 10.1. The molecular weight excluding hydrogens is 445 g/mol. The molecule has 0 spiro atoms. The van der Waals surface area contributed by atoms with E-state index in [9.17, 15) is 30.4 Å². The van der Waals surface area contributed by atoms with Gasteiger partial charge in [0.05, 0.1) is 11.3 Å². The Morgan fingerprint density at radius 3 is 1.88 bits per heavy atom. The van der Waals surface area contributed by atoms with E-state index in [4.69, 9.17) is 5.26 Å². The summed E-state index contributed by atoms with van der Waals surface area (Å²) in [7, 11) is -4.39. The first-order chi connectivity index (χ1) is 12.1. The Balaban J connectivity index is 2.55. The van der Waals surface area contributed by atoms with E-state index in [0.29, 0.717) is 4.47 Å². The molecule has 0 bridgehead atoms. The minimum Gasteiger partial charge on any atom is -0.223 e. The molecule has 0 radical (unpaired) electrons. The molecule has 0 saturated carbocycles. The third-order valence-electron chi connectivity index (χ3n) is 3.23. The lowest BCUT2D eigenvalue weighted by molar-refractivity contribution is 0.377. The fourth-order valence-electron chi connectivity index (χ4n) is 1.95. The van der Waals surface area contributed by atoms with Crippen LogP contribution < -0.4 is 0 Å². The van der Waals surface area contributed by atoms with Crippen molar-refractivity contribution in [3.63, 3.8) is 0 Å². The molecule has 0 aliphatic heterocycles. The average Bonchev–Trinajstić information content (AvgIpc) is 2.60. The van der Waals surface area contributed by atoms with Crippen LogP contribution in [0.15, 0.2) is 33.6 Å². The molecular formula is C16H7BrF5NO2S. The van der Waals surface area contributed by atoms with Crippen LogP contribution in [0.3, 0.4) is 0 Å². The first-order valence-electron chi connectivity index (χ1n) is 6.69. The van der Waals surface area contributed by atoms with E-state index in [1.165, 1.54) is 30.3 Å². The maximum absolute atomic E-state index is 13.7. The van der Waals surface area contributed by atoms with Crippen LogP contribution in [0.25, 0.3) is 6.08 Å². The van der Waals surface area contributed by atoms with Gasteiger partial charge in [-0.2, -0.15) is 5.26 Å². The lowest BCUT2D eigenvalue weighted by Gasteiger charge is -2.07. The van der Waals surface area contributed by atoms with Gasteiger partial charge >= 0.3 is 0 Å². The fourth-order valence-corrected chi connectivity index (χ4v) is 3.44. The smallest absolute Gasteiger partial charge is 0.200 e. The average molecular weight is 452 g/mol. The van der Waals surface area contributed by atoms with E-state index in [1.807, 2.05) is 0 Å². The molecule has 0 aliphatic rings. The van der Waals surface area contributed by atoms with E-state index in [2.05, 4.69) is 15.9 Å². The highest BCUT2D eigenvalue weighted by molar-refractivity contribution is 9.10. The van der Waals surface area contributed by atoms with Crippen molar-refractivity contribution < 1.29 is 30.4 Å².